The molecule has 2 rings (SSSR count). The second-order valence-corrected chi connectivity index (χ2v) is 4.30. The molecule has 0 bridgehead atoms. The number of phenolic OH excluding ortho intramolecular Hbond substituents is 2. The van der Waals surface area contributed by atoms with Gasteiger partial charge in [0.2, 0.25) is 0 Å². The molecule has 0 spiro atoms. The van der Waals surface area contributed by atoms with E-state index in [2.05, 4.69) is 5.32 Å². The van der Waals surface area contributed by atoms with Crippen LogP contribution in [0.1, 0.15) is 24.8 Å². The summed E-state index contributed by atoms with van der Waals surface area (Å²) in [5.74, 6) is -1.81. The topological polar surface area (TPSA) is 52.5 Å². The summed E-state index contributed by atoms with van der Waals surface area (Å²) in [7, 11) is 0. The van der Waals surface area contributed by atoms with Crippen molar-refractivity contribution in [3.8, 4) is 11.5 Å². The van der Waals surface area contributed by atoms with Gasteiger partial charge in [-0.15, -0.1) is 0 Å². The van der Waals surface area contributed by atoms with Gasteiger partial charge < -0.3 is 15.5 Å². The number of piperidine rings is 1. The number of rotatable bonds is 2. The van der Waals surface area contributed by atoms with E-state index >= 15 is 0 Å². The van der Waals surface area contributed by atoms with E-state index in [-0.39, 0.29) is 5.75 Å². The molecule has 4 heteroatoms. The molecule has 0 radical (unpaired) electrons. The minimum atomic E-state index is -0.759. The smallest absolute Gasteiger partial charge is 0.194 e. The summed E-state index contributed by atoms with van der Waals surface area (Å²) in [5.41, 5.74) is 0.715. The molecular weight excluding hydrogens is 209 g/mol. The van der Waals surface area contributed by atoms with Crippen molar-refractivity contribution < 1.29 is 14.6 Å². The lowest BCUT2D eigenvalue weighted by Gasteiger charge is -2.23. The van der Waals surface area contributed by atoms with Crippen molar-refractivity contribution in [2.75, 3.05) is 6.54 Å². The van der Waals surface area contributed by atoms with Crippen LogP contribution in [0.2, 0.25) is 0 Å². The molecule has 1 heterocycles. The number of hydrogen-bond donors (Lipinski definition) is 3. The van der Waals surface area contributed by atoms with Gasteiger partial charge in [0.05, 0.1) is 0 Å². The summed E-state index contributed by atoms with van der Waals surface area (Å²) in [6.07, 6.45) is 4.13. The van der Waals surface area contributed by atoms with Gasteiger partial charge in [-0.1, -0.05) is 6.42 Å². The second-order valence-electron chi connectivity index (χ2n) is 4.30. The molecule has 3 nitrogen and oxygen atoms in total. The highest BCUT2D eigenvalue weighted by atomic mass is 19.1. The minimum absolute atomic E-state index is 0.345. The number of benzene rings is 1. The molecule has 16 heavy (non-hydrogen) atoms. The maximum Gasteiger partial charge on any atom is 0.194 e. The molecule has 1 unspecified atom stereocenters. The zero-order chi connectivity index (χ0) is 11.5. The Bertz CT molecular complexity index is 352. The van der Waals surface area contributed by atoms with E-state index in [1.807, 2.05) is 0 Å². The first-order valence-electron chi connectivity index (χ1n) is 5.60. The molecule has 0 saturated carbocycles. The Balaban J connectivity index is 2.09. The minimum Gasteiger partial charge on any atom is -0.504 e. The highest BCUT2D eigenvalue weighted by Gasteiger charge is 2.15. The maximum atomic E-state index is 13.2. The fourth-order valence-electron chi connectivity index (χ4n) is 2.14. The summed E-state index contributed by atoms with van der Waals surface area (Å²) in [6, 6.07) is 3.05. The van der Waals surface area contributed by atoms with Crippen LogP contribution >= 0.6 is 0 Å². The third-order valence-electron chi connectivity index (χ3n) is 3.00. The Morgan fingerprint density at radius 2 is 2.12 bits per heavy atom. The number of hydrogen-bond acceptors (Lipinski definition) is 3. The highest BCUT2D eigenvalue weighted by molar-refractivity contribution is 5.42. The summed E-state index contributed by atoms with van der Waals surface area (Å²) < 4.78 is 13.2. The Morgan fingerprint density at radius 1 is 1.31 bits per heavy atom. The first-order valence-corrected chi connectivity index (χ1v) is 5.60. The molecule has 0 aliphatic carbocycles. The zero-order valence-corrected chi connectivity index (χ0v) is 9.04. The van der Waals surface area contributed by atoms with Crippen molar-refractivity contribution >= 4 is 0 Å². The Morgan fingerprint density at radius 3 is 2.75 bits per heavy atom. The average Bonchev–Trinajstić information content (AvgIpc) is 2.27. The molecule has 0 aromatic heterocycles. The molecular formula is C12H16FNO2. The molecule has 1 aromatic rings. The van der Waals surface area contributed by atoms with Crippen LogP contribution in [0.5, 0.6) is 11.5 Å². The molecule has 3 N–H and O–H groups in total. The number of aromatic hydroxyl groups is 2. The Labute approximate surface area is 93.9 Å². The quantitative estimate of drug-likeness (QED) is 0.674. The second kappa shape index (κ2) is 4.70. The van der Waals surface area contributed by atoms with Crippen molar-refractivity contribution in [3.05, 3.63) is 23.5 Å². The third-order valence-corrected chi connectivity index (χ3v) is 3.00. The summed E-state index contributed by atoms with van der Waals surface area (Å²) >= 11 is 0. The zero-order valence-electron chi connectivity index (χ0n) is 9.04. The van der Waals surface area contributed by atoms with Crippen LogP contribution in [0.3, 0.4) is 0 Å². The fourth-order valence-corrected chi connectivity index (χ4v) is 2.14. The number of halogens is 1. The van der Waals surface area contributed by atoms with Crippen LogP contribution in [0, 0.1) is 5.82 Å². The van der Waals surface area contributed by atoms with Gasteiger partial charge in [-0.25, -0.2) is 4.39 Å². The molecule has 88 valence electrons. The predicted octanol–water partition coefficient (Wildman–Crippen LogP) is 1.92. The maximum absolute atomic E-state index is 13.2. The van der Waals surface area contributed by atoms with E-state index in [1.54, 1.807) is 0 Å². The average molecular weight is 225 g/mol. The molecule has 1 fully saturated rings. The Kier molecular flexibility index (Phi) is 3.29. The molecule has 1 aliphatic rings. The highest BCUT2D eigenvalue weighted by Crippen LogP contribution is 2.29. The standard InChI is InChI=1S/C12H16FNO2/c13-10-6-8(7-11(15)12(10)16)5-9-3-1-2-4-14-9/h6-7,9,14-16H,1-5H2. The van der Waals surface area contributed by atoms with Gasteiger partial charge in [-0.05, 0) is 43.5 Å². The van der Waals surface area contributed by atoms with Crippen LogP contribution in [0.25, 0.3) is 0 Å². The molecule has 1 atom stereocenters. The largest absolute Gasteiger partial charge is 0.504 e. The summed E-state index contributed by atoms with van der Waals surface area (Å²) in [4.78, 5) is 0. The van der Waals surface area contributed by atoms with Crippen molar-refractivity contribution in [2.45, 2.75) is 31.7 Å². The number of nitrogens with one attached hydrogen (secondary N) is 1. The van der Waals surface area contributed by atoms with Crippen LogP contribution in [-0.4, -0.2) is 22.8 Å². The molecule has 1 aliphatic heterocycles. The molecule has 0 amide bonds. The van der Waals surface area contributed by atoms with Crippen LogP contribution < -0.4 is 5.32 Å². The van der Waals surface area contributed by atoms with Gasteiger partial charge in [0.1, 0.15) is 0 Å². The SMILES string of the molecule is Oc1cc(CC2CCCCN2)cc(F)c1O. The number of phenols is 2. The van der Waals surface area contributed by atoms with Crippen LogP contribution in [0.15, 0.2) is 12.1 Å². The van der Waals surface area contributed by atoms with E-state index in [9.17, 15) is 9.50 Å². The van der Waals surface area contributed by atoms with Crippen LogP contribution in [0.4, 0.5) is 4.39 Å². The molecule has 1 aromatic carbocycles. The van der Waals surface area contributed by atoms with E-state index in [4.69, 9.17) is 5.11 Å². The van der Waals surface area contributed by atoms with Crippen molar-refractivity contribution in [1.82, 2.24) is 5.32 Å². The van der Waals surface area contributed by atoms with Gasteiger partial charge in [-0.3, -0.25) is 0 Å². The van der Waals surface area contributed by atoms with Crippen molar-refractivity contribution in [1.29, 1.82) is 0 Å². The van der Waals surface area contributed by atoms with Crippen molar-refractivity contribution in [2.24, 2.45) is 0 Å². The summed E-state index contributed by atoms with van der Waals surface area (Å²) in [6.45, 7) is 0.997. The van der Waals surface area contributed by atoms with Gasteiger partial charge in [0, 0.05) is 6.04 Å². The first-order chi connectivity index (χ1) is 7.66. The van der Waals surface area contributed by atoms with E-state index < -0.39 is 11.6 Å². The molecule has 1 saturated heterocycles. The van der Waals surface area contributed by atoms with E-state index in [1.165, 1.54) is 25.0 Å². The van der Waals surface area contributed by atoms with E-state index in [0.717, 1.165) is 13.0 Å². The normalized spacial score (nSPS) is 20.9. The Hall–Kier alpha value is -1.29. The predicted molar refractivity (Wildman–Crippen MR) is 59.1 cm³/mol. The van der Waals surface area contributed by atoms with Gasteiger partial charge in [0.15, 0.2) is 17.3 Å². The lowest BCUT2D eigenvalue weighted by Crippen LogP contribution is -2.35. The van der Waals surface area contributed by atoms with Gasteiger partial charge in [-0.2, -0.15) is 0 Å². The summed E-state index contributed by atoms with van der Waals surface area (Å²) in [5, 5.41) is 21.8. The lowest BCUT2D eigenvalue weighted by atomic mass is 9.97. The van der Waals surface area contributed by atoms with Crippen LogP contribution in [-0.2, 0) is 6.42 Å². The van der Waals surface area contributed by atoms with Gasteiger partial charge in [0.25, 0.3) is 0 Å². The monoisotopic (exact) mass is 225 g/mol. The lowest BCUT2D eigenvalue weighted by molar-refractivity contribution is 0.374. The van der Waals surface area contributed by atoms with Crippen molar-refractivity contribution in [3.63, 3.8) is 0 Å². The van der Waals surface area contributed by atoms with E-state index in [0.29, 0.717) is 18.0 Å². The van der Waals surface area contributed by atoms with Gasteiger partial charge >= 0.3 is 0 Å². The fraction of sp³-hybridized carbons (Fsp3) is 0.500. The third kappa shape index (κ3) is 2.44. The first kappa shape index (κ1) is 11.2.